The number of rotatable bonds is 8. The predicted octanol–water partition coefficient (Wildman–Crippen LogP) is 1.84. The fourth-order valence-corrected chi connectivity index (χ4v) is 2.96. The Balaban J connectivity index is 4.37. The summed E-state index contributed by atoms with van der Waals surface area (Å²) in [4.78, 5) is 0. The molecule has 3 nitrogen and oxygen atoms in total. The van der Waals surface area contributed by atoms with Crippen molar-refractivity contribution in [3.63, 3.8) is 0 Å². The molecular formula is C9H18ClNO2S. The zero-order chi connectivity index (χ0) is 11.0. The summed E-state index contributed by atoms with van der Waals surface area (Å²) in [5.41, 5.74) is 0. The summed E-state index contributed by atoms with van der Waals surface area (Å²) in [5.74, 6) is 0.512. The maximum absolute atomic E-state index is 11.7. The lowest BCUT2D eigenvalue weighted by Gasteiger charge is -2.19. The summed E-state index contributed by atoms with van der Waals surface area (Å²) in [6.45, 7) is 6.44. The molecule has 0 aromatic heterocycles. The van der Waals surface area contributed by atoms with Crippen LogP contribution < -0.4 is 0 Å². The van der Waals surface area contributed by atoms with Crippen LogP contribution in [0, 0.1) is 0 Å². The highest BCUT2D eigenvalue weighted by molar-refractivity contribution is 7.89. The van der Waals surface area contributed by atoms with E-state index in [1.807, 2.05) is 6.92 Å². The third-order valence-electron chi connectivity index (χ3n) is 1.74. The minimum absolute atomic E-state index is 0.129. The van der Waals surface area contributed by atoms with Crippen LogP contribution in [0.15, 0.2) is 12.7 Å². The number of nitrogens with zero attached hydrogens (tertiary/aromatic N) is 1. The SMILES string of the molecule is C=CCN(CCC)S(=O)(=O)CCCCl. The van der Waals surface area contributed by atoms with Crippen LogP contribution in [0.25, 0.3) is 0 Å². The van der Waals surface area contributed by atoms with E-state index >= 15 is 0 Å². The van der Waals surface area contributed by atoms with Gasteiger partial charge in [0.05, 0.1) is 5.75 Å². The Kier molecular flexibility index (Phi) is 7.23. The van der Waals surface area contributed by atoms with E-state index in [1.165, 1.54) is 4.31 Å². The fourth-order valence-electron chi connectivity index (χ4n) is 1.10. The Labute approximate surface area is 91.8 Å². The smallest absolute Gasteiger partial charge is 0.212 e. The second kappa shape index (κ2) is 7.26. The number of sulfonamides is 1. The van der Waals surface area contributed by atoms with Crippen molar-refractivity contribution in [2.45, 2.75) is 19.8 Å². The van der Waals surface area contributed by atoms with Gasteiger partial charge in [0.1, 0.15) is 0 Å². The van der Waals surface area contributed by atoms with Crippen LogP contribution in [0.5, 0.6) is 0 Å². The average molecular weight is 240 g/mol. The number of hydrogen-bond acceptors (Lipinski definition) is 2. The van der Waals surface area contributed by atoms with Crippen LogP contribution in [0.4, 0.5) is 0 Å². The minimum atomic E-state index is -3.13. The molecule has 0 spiro atoms. The molecule has 0 aromatic carbocycles. The summed E-state index contributed by atoms with van der Waals surface area (Å²) < 4.78 is 24.8. The number of hydrogen-bond donors (Lipinski definition) is 0. The summed E-state index contributed by atoms with van der Waals surface area (Å²) in [7, 11) is -3.13. The first-order chi connectivity index (χ1) is 6.58. The van der Waals surface area contributed by atoms with Gasteiger partial charge in [-0.05, 0) is 12.8 Å². The van der Waals surface area contributed by atoms with Gasteiger partial charge in [0.15, 0.2) is 0 Å². The lowest BCUT2D eigenvalue weighted by atomic mass is 10.5. The van der Waals surface area contributed by atoms with Crippen molar-refractivity contribution in [1.29, 1.82) is 0 Å². The predicted molar refractivity (Wildman–Crippen MR) is 61.2 cm³/mol. The summed E-state index contributed by atoms with van der Waals surface area (Å²) in [6.07, 6.45) is 2.92. The quantitative estimate of drug-likeness (QED) is 0.479. The van der Waals surface area contributed by atoms with E-state index in [-0.39, 0.29) is 5.75 Å². The largest absolute Gasteiger partial charge is 0.214 e. The Morgan fingerprint density at radius 1 is 1.50 bits per heavy atom. The van der Waals surface area contributed by atoms with E-state index in [9.17, 15) is 8.42 Å². The van der Waals surface area contributed by atoms with Crippen LogP contribution in [-0.4, -0.2) is 37.4 Å². The lowest BCUT2D eigenvalue weighted by molar-refractivity contribution is 0.441. The standard InChI is InChI=1S/C9H18ClNO2S/c1-3-7-11(8-4-2)14(12,13)9-5-6-10/h3H,1,4-9H2,2H3. The highest BCUT2D eigenvalue weighted by atomic mass is 35.5. The molecule has 84 valence electrons. The molecule has 0 rings (SSSR count). The van der Waals surface area contributed by atoms with E-state index in [0.29, 0.717) is 25.4 Å². The highest BCUT2D eigenvalue weighted by Crippen LogP contribution is 2.05. The van der Waals surface area contributed by atoms with Crippen molar-refractivity contribution < 1.29 is 8.42 Å². The number of halogens is 1. The molecule has 0 fully saturated rings. The summed E-state index contributed by atoms with van der Waals surface area (Å²) >= 11 is 5.46. The topological polar surface area (TPSA) is 37.4 Å². The van der Waals surface area contributed by atoms with E-state index in [1.54, 1.807) is 6.08 Å². The third-order valence-corrected chi connectivity index (χ3v) is 3.93. The van der Waals surface area contributed by atoms with Gasteiger partial charge in [-0.3, -0.25) is 0 Å². The molecule has 0 aliphatic carbocycles. The Morgan fingerprint density at radius 2 is 2.14 bits per heavy atom. The van der Waals surface area contributed by atoms with Crippen molar-refractivity contribution in [2.24, 2.45) is 0 Å². The molecule has 5 heteroatoms. The summed E-state index contributed by atoms with van der Waals surface area (Å²) in [5, 5.41) is 0. The van der Waals surface area contributed by atoms with Crippen molar-refractivity contribution >= 4 is 21.6 Å². The van der Waals surface area contributed by atoms with Crippen LogP contribution in [0.1, 0.15) is 19.8 Å². The van der Waals surface area contributed by atoms with E-state index in [0.717, 1.165) is 6.42 Å². The number of alkyl halides is 1. The monoisotopic (exact) mass is 239 g/mol. The fraction of sp³-hybridized carbons (Fsp3) is 0.778. The van der Waals surface area contributed by atoms with Crippen molar-refractivity contribution in [3.8, 4) is 0 Å². The molecule has 0 amide bonds. The molecule has 14 heavy (non-hydrogen) atoms. The van der Waals surface area contributed by atoms with Crippen molar-refractivity contribution in [3.05, 3.63) is 12.7 Å². The maximum atomic E-state index is 11.7. The van der Waals surface area contributed by atoms with E-state index in [4.69, 9.17) is 11.6 Å². The molecule has 0 aliphatic heterocycles. The van der Waals surface area contributed by atoms with Crippen LogP contribution in [0.2, 0.25) is 0 Å². The Bertz CT molecular complexity index is 252. The molecule has 0 heterocycles. The highest BCUT2D eigenvalue weighted by Gasteiger charge is 2.18. The molecule has 0 atom stereocenters. The molecule has 0 saturated heterocycles. The van der Waals surface area contributed by atoms with Gasteiger partial charge in [-0.1, -0.05) is 13.0 Å². The van der Waals surface area contributed by atoms with E-state index < -0.39 is 10.0 Å². The van der Waals surface area contributed by atoms with E-state index in [2.05, 4.69) is 6.58 Å². The normalized spacial score (nSPS) is 11.9. The van der Waals surface area contributed by atoms with Crippen molar-refractivity contribution in [1.82, 2.24) is 4.31 Å². The van der Waals surface area contributed by atoms with Crippen LogP contribution >= 0.6 is 11.6 Å². The third kappa shape index (κ3) is 4.98. The average Bonchev–Trinajstić information content (AvgIpc) is 2.14. The van der Waals surface area contributed by atoms with Gasteiger partial charge >= 0.3 is 0 Å². The zero-order valence-electron chi connectivity index (χ0n) is 8.58. The molecule has 0 bridgehead atoms. The lowest BCUT2D eigenvalue weighted by Crippen LogP contribution is -2.34. The van der Waals surface area contributed by atoms with Crippen molar-refractivity contribution in [2.75, 3.05) is 24.7 Å². The molecular weight excluding hydrogens is 222 g/mol. The van der Waals surface area contributed by atoms with Gasteiger partial charge in [-0.25, -0.2) is 8.42 Å². The maximum Gasteiger partial charge on any atom is 0.214 e. The van der Waals surface area contributed by atoms with Crippen LogP contribution in [-0.2, 0) is 10.0 Å². The molecule has 0 aromatic rings. The molecule has 0 aliphatic rings. The molecule has 0 unspecified atom stereocenters. The first-order valence-corrected chi connectivity index (χ1v) is 6.87. The molecule has 0 N–H and O–H groups in total. The summed E-state index contributed by atoms with van der Waals surface area (Å²) in [6, 6.07) is 0. The van der Waals surface area contributed by atoms with Gasteiger partial charge in [-0.2, -0.15) is 4.31 Å². The second-order valence-corrected chi connectivity index (χ2v) is 5.47. The van der Waals surface area contributed by atoms with Gasteiger partial charge in [0.25, 0.3) is 0 Å². The molecule has 0 radical (unpaired) electrons. The minimum Gasteiger partial charge on any atom is -0.212 e. The Morgan fingerprint density at radius 3 is 2.57 bits per heavy atom. The first-order valence-electron chi connectivity index (χ1n) is 4.73. The van der Waals surface area contributed by atoms with Gasteiger partial charge in [0, 0.05) is 19.0 Å². The van der Waals surface area contributed by atoms with Gasteiger partial charge in [0.2, 0.25) is 10.0 Å². The zero-order valence-corrected chi connectivity index (χ0v) is 10.1. The first kappa shape index (κ1) is 13.9. The van der Waals surface area contributed by atoms with Gasteiger partial charge < -0.3 is 0 Å². The molecule has 0 saturated carbocycles. The van der Waals surface area contributed by atoms with Gasteiger partial charge in [-0.15, -0.1) is 18.2 Å². The second-order valence-electron chi connectivity index (χ2n) is 3.01. The van der Waals surface area contributed by atoms with Crippen LogP contribution in [0.3, 0.4) is 0 Å². The Hall–Kier alpha value is -0.0600.